The van der Waals surface area contributed by atoms with Crippen LogP contribution in [0.25, 0.3) is 0 Å². The molecule has 2 unspecified atom stereocenters. The number of hydrogen-bond donors (Lipinski definition) is 2. The van der Waals surface area contributed by atoms with Crippen molar-refractivity contribution in [1.29, 1.82) is 0 Å². The van der Waals surface area contributed by atoms with E-state index in [0.29, 0.717) is 6.42 Å². The first-order valence-corrected chi connectivity index (χ1v) is 12.6. The summed E-state index contributed by atoms with van der Waals surface area (Å²) >= 11 is 22.4. The molecule has 2 N–H and O–H groups in total. The molecule has 0 heterocycles. The summed E-state index contributed by atoms with van der Waals surface area (Å²) in [4.78, 5) is 25.3. The molecule has 0 aromatic heterocycles. The van der Waals surface area contributed by atoms with E-state index < -0.39 is 4.84 Å². The van der Waals surface area contributed by atoms with E-state index in [1.54, 1.807) is 0 Å². The van der Waals surface area contributed by atoms with Crippen molar-refractivity contribution in [3.63, 3.8) is 0 Å². The number of carbonyl (C=O) groups excluding carboxylic acids is 2. The molecule has 4 rings (SSSR count). The van der Waals surface area contributed by atoms with E-state index >= 15 is 0 Å². The van der Waals surface area contributed by atoms with Crippen molar-refractivity contribution in [3.8, 4) is 0 Å². The second-order valence-corrected chi connectivity index (χ2v) is 20.8. The van der Waals surface area contributed by atoms with Crippen molar-refractivity contribution < 1.29 is 9.59 Å². The first kappa shape index (κ1) is 22.3. The lowest BCUT2D eigenvalue weighted by molar-refractivity contribution is -0.154. The molecule has 0 aliphatic heterocycles. The first-order chi connectivity index (χ1) is 11.5. The van der Waals surface area contributed by atoms with E-state index in [9.17, 15) is 9.59 Å². The van der Waals surface area contributed by atoms with Gasteiger partial charge in [0.05, 0.1) is 0 Å². The van der Waals surface area contributed by atoms with Crippen LogP contribution in [-0.4, -0.2) is 27.7 Å². The Morgan fingerprint density at radius 2 is 1.15 bits per heavy atom. The van der Waals surface area contributed by atoms with Gasteiger partial charge in [-0.1, -0.05) is 25.4 Å². The van der Waals surface area contributed by atoms with Gasteiger partial charge in [-0.15, -0.1) is 0 Å². The molecule has 4 saturated carbocycles. The van der Waals surface area contributed by atoms with Crippen LogP contribution in [0.2, 0.25) is 0 Å². The normalized spacial score (nSPS) is 41.8. The fraction of sp³-hybridized carbons (Fsp3) is 0.875. The van der Waals surface area contributed by atoms with Crippen LogP contribution < -0.4 is 10.6 Å². The molecule has 4 fully saturated rings. The van der Waals surface area contributed by atoms with Crippen LogP contribution in [0.5, 0.6) is 0 Å². The lowest BCUT2D eigenvalue weighted by Gasteiger charge is -2.69. The molecular weight excluding hydrogens is 687 g/mol. The van der Waals surface area contributed by atoms with E-state index in [2.05, 4.69) is 104 Å². The van der Waals surface area contributed by atoms with Crippen molar-refractivity contribution >= 4 is 103 Å². The van der Waals surface area contributed by atoms with Gasteiger partial charge in [-0.2, -0.15) is 0 Å². The second-order valence-electron chi connectivity index (χ2n) is 9.15. The Hall–Kier alpha value is 1.63. The Balaban J connectivity index is 1.95. The van der Waals surface area contributed by atoms with Gasteiger partial charge < -0.3 is 10.6 Å². The zero-order valence-electron chi connectivity index (χ0n) is 14.3. The maximum Gasteiger partial charge on any atom is 0.263 e. The molecule has 0 spiro atoms. The van der Waals surface area contributed by atoms with Crippen LogP contribution in [0.1, 0.15) is 52.4 Å². The number of nitrogens with one attached hydrogen (secondary N) is 2. The van der Waals surface area contributed by atoms with Crippen LogP contribution in [0, 0.1) is 10.8 Å². The minimum Gasteiger partial charge on any atom is -0.348 e. The summed E-state index contributed by atoms with van der Waals surface area (Å²) in [6.45, 7) is 4.54. The highest BCUT2D eigenvalue weighted by molar-refractivity contribution is 9.40. The molecule has 0 radical (unpaired) electrons. The van der Waals surface area contributed by atoms with Crippen molar-refractivity contribution in [2.24, 2.45) is 10.8 Å². The van der Waals surface area contributed by atoms with Gasteiger partial charge in [0.15, 0.2) is 0 Å². The summed E-state index contributed by atoms with van der Waals surface area (Å²) in [6.07, 6.45) is 5.43. The average molecular weight is 707 g/mol. The van der Waals surface area contributed by atoms with Crippen LogP contribution >= 0.6 is 91.3 Å². The van der Waals surface area contributed by atoms with Crippen LogP contribution in [0.4, 0.5) is 0 Å². The van der Waals surface area contributed by atoms with Gasteiger partial charge in [0.1, 0.15) is 0 Å². The number of hydrogen-bond acceptors (Lipinski definition) is 2. The summed E-state index contributed by atoms with van der Waals surface area (Å²) in [5.74, 6) is -0.466. The predicted molar refractivity (Wildman–Crippen MR) is 122 cm³/mol. The fourth-order valence-corrected chi connectivity index (χ4v) is 7.13. The highest BCUT2D eigenvalue weighted by Crippen LogP contribution is 2.67. The van der Waals surface area contributed by atoms with Gasteiger partial charge in [0, 0.05) is 11.1 Å². The van der Waals surface area contributed by atoms with Gasteiger partial charge in [-0.3, -0.25) is 9.59 Å². The molecule has 10 heteroatoms. The Morgan fingerprint density at radius 3 is 1.50 bits per heavy atom. The van der Waals surface area contributed by atoms with Gasteiger partial charge in [0.2, 0.25) is 4.84 Å². The van der Waals surface area contributed by atoms with E-state index in [1.807, 2.05) is 0 Å². The molecule has 0 aromatic rings. The third-order valence-corrected chi connectivity index (χ3v) is 7.84. The van der Waals surface area contributed by atoms with Crippen molar-refractivity contribution in [2.75, 3.05) is 0 Å². The Labute approximate surface area is 200 Å². The number of carbonyl (C=O) groups is 2. The summed E-state index contributed by atoms with van der Waals surface area (Å²) in [7, 11) is 0. The molecular formula is C16H20Br5ClN2O2. The van der Waals surface area contributed by atoms with Crippen molar-refractivity contribution in [3.05, 3.63) is 0 Å². The van der Waals surface area contributed by atoms with E-state index in [0.717, 1.165) is 32.1 Å². The molecule has 148 valence electrons. The Morgan fingerprint density at radius 1 is 0.769 bits per heavy atom. The number of alkyl halides is 6. The first-order valence-electron chi connectivity index (χ1n) is 8.28. The fourth-order valence-electron chi connectivity index (χ4n) is 6.58. The van der Waals surface area contributed by atoms with Gasteiger partial charge in [0.25, 0.3) is 11.8 Å². The van der Waals surface area contributed by atoms with Crippen LogP contribution in [0.3, 0.4) is 0 Å². The monoisotopic (exact) mass is 702 g/mol. The lowest BCUT2D eigenvalue weighted by Crippen LogP contribution is -2.75. The molecule has 26 heavy (non-hydrogen) atoms. The lowest BCUT2D eigenvalue weighted by atomic mass is 9.40. The predicted octanol–water partition coefficient (Wildman–Crippen LogP) is 5.61. The van der Waals surface area contributed by atoms with Gasteiger partial charge >= 0.3 is 0 Å². The third kappa shape index (κ3) is 4.37. The van der Waals surface area contributed by atoms with Crippen molar-refractivity contribution in [1.82, 2.24) is 10.6 Å². The Kier molecular flexibility index (Phi) is 5.63. The molecule has 4 aliphatic carbocycles. The average Bonchev–Trinajstić information content (AvgIpc) is 2.29. The molecule has 0 aromatic carbocycles. The summed E-state index contributed by atoms with van der Waals surface area (Å²) in [6, 6.07) is 0. The van der Waals surface area contributed by atoms with E-state index in [-0.39, 0.29) is 33.7 Å². The number of halogens is 6. The molecule has 2 amide bonds. The highest BCUT2D eigenvalue weighted by atomic mass is 80.0. The van der Waals surface area contributed by atoms with E-state index in [1.165, 1.54) is 0 Å². The van der Waals surface area contributed by atoms with Gasteiger partial charge in [-0.05, 0) is 129 Å². The maximum absolute atomic E-state index is 12.7. The SMILES string of the molecule is CC12CC3(C)CC(NC(=O)C(Cl)(Br)Br)(C1)CC(NC(=O)C(Br)(Br)Br)(C2)C3. The minimum absolute atomic E-state index is 0.0608. The summed E-state index contributed by atoms with van der Waals surface area (Å²) in [5.41, 5.74) is -0.606. The third-order valence-electron chi connectivity index (χ3n) is 5.86. The molecule has 4 nitrogen and oxygen atoms in total. The highest BCUT2D eigenvalue weighted by Gasteiger charge is 2.67. The Bertz CT molecular complexity index is 592. The standard InChI is InChI=1S/C16H20Br5ClN2O2/c1-11-3-12(2)5-13(4-11,23-9(25)15(17,18)19)8-14(6-11,7-12)24-10(26)16(20,21)22/h3-8H2,1-2H3,(H,23,25)(H,24,26). The number of rotatable bonds is 3. The molecule has 0 saturated heterocycles. The number of amides is 2. The zero-order valence-corrected chi connectivity index (χ0v) is 23.0. The maximum atomic E-state index is 12.7. The van der Waals surface area contributed by atoms with Gasteiger partial charge in [-0.25, -0.2) is 0 Å². The van der Waals surface area contributed by atoms with Crippen LogP contribution in [-0.2, 0) is 9.59 Å². The molecule has 4 aliphatic rings. The van der Waals surface area contributed by atoms with Crippen molar-refractivity contribution in [2.45, 2.75) is 68.3 Å². The summed E-state index contributed by atoms with van der Waals surface area (Å²) < 4.78 is -2.32. The second kappa shape index (κ2) is 6.56. The minimum atomic E-state index is -1.32. The quantitative estimate of drug-likeness (QED) is 0.375. The largest absolute Gasteiger partial charge is 0.348 e. The zero-order chi connectivity index (χ0) is 19.8. The van der Waals surface area contributed by atoms with E-state index in [4.69, 9.17) is 11.6 Å². The smallest absolute Gasteiger partial charge is 0.263 e. The summed E-state index contributed by atoms with van der Waals surface area (Å²) in [5, 5.41) is 6.46. The molecule has 4 bridgehead atoms. The topological polar surface area (TPSA) is 58.2 Å². The van der Waals surface area contributed by atoms with Crippen LogP contribution in [0.15, 0.2) is 0 Å². The molecule has 2 atom stereocenters.